The molecule has 2 heterocycles. The van der Waals surface area contributed by atoms with E-state index in [0.717, 1.165) is 13.1 Å². The van der Waals surface area contributed by atoms with Gasteiger partial charge in [-0.05, 0) is 25.7 Å². The lowest BCUT2D eigenvalue weighted by Gasteiger charge is -2.18. The van der Waals surface area contributed by atoms with Crippen LogP contribution in [-0.2, 0) is 0 Å². The van der Waals surface area contributed by atoms with Crippen molar-refractivity contribution in [1.29, 1.82) is 0 Å². The minimum atomic E-state index is -0.381. The summed E-state index contributed by atoms with van der Waals surface area (Å²) in [5.74, 6) is 1.91. The van der Waals surface area contributed by atoms with Crippen LogP contribution in [0.5, 0.6) is 0 Å². The Bertz CT molecular complexity index is 510. The topological polar surface area (TPSA) is 84.2 Å². The van der Waals surface area contributed by atoms with Crippen molar-refractivity contribution < 1.29 is 4.92 Å². The van der Waals surface area contributed by atoms with Crippen LogP contribution in [-0.4, -0.2) is 34.5 Å². The van der Waals surface area contributed by atoms with Crippen LogP contribution < -0.4 is 10.2 Å². The average Bonchev–Trinajstić information content (AvgIpc) is 2.68. The quantitative estimate of drug-likeness (QED) is 0.672. The average molecular weight is 279 g/mol. The minimum Gasteiger partial charge on any atom is -0.354 e. The van der Waals surface area contributed by atoms with E-state index in [4.69, 9.17) is 0 Å². The van der Waals surface area contributed by atoms with Crippen LogP contribution >= 0.6 is 0 Å². The molecule has 2 unspecified atom stereocenters. The van der Waals surface area contributed by atoms with Crippen molar-refractivity contribution in [1.82, 2.24) is 9.97 Å². The number of rotatable bonds is 4. The maximum Gasteiger partial charge on any atom is 0.332 e. The van der Waals surface area contributed by atoms with Gasteiger partial charge in [0.2, 0.25) is 11.8 Å². The van der Waals surface area contributed by atoms with Crippen molar-refractivity contribution in [3.63, 3.8) is 0 Å². The highest BCUT2D eigenvalue weighted by Crippen LogP contribution is 2.34. The lowest BCUT2D eigenvalue weighted by Crippen LogP contribution is -2.23. The van der Waals surface area contributed by atoms with Gasteiger partial charge in [-0.25, -0.2) is 4.98 Å². The second-order valence-corrected chi connectivity index (χ2v) is 5.45. The van der Waals surface area contributed by atoms with Gasteiger partial charge in [0.05, 0.1) is 4.92 Å². The number of aromatic nitrogens is 2. The number of nitro groups is 1. The second kappa shape index (κ2) is 5.60. The SMILES string of the molecule is CCNc1nc(C)c([N+](=O)[O-])c(N2CC(C)C(C)C2)n1. The maximum atomic E-state index is 11.3. The van der Waals surface area contributed by atoms with Gasteiger partial charge in [-0.2, -0.15) is 4.98 Å². The molecule has 2 atom stereocenters. The van der Waals surface area contributed by atoms with Gasteiger partial charge >= 0.3 is 5.69 Å². The van der Waals surface area contributed by atoms with Crippen LogP contribution in [0.25, 0.3) is 0 Å². The molecular weight excluding hydrogens is 258 g/mol. The first kappa shape index (κ1) is 14.5. The normalized spacial score (nSPS) is 22.1. The summed E-state index contributed by atoms with van der Waals surface area (Å²) < 4.78 is 0. The molecule has 20 heavy (non-hydrogen) atoms. The third-order valence-corrected chi connectivity index (χ3v) is 3.85. The van der Waals surface area contributed by atoms with Gasteiger partial charge in [0, 0.05) is 19.6 Å². The van der Waals surface area contributed by atoms with Gasteiger partial charge in [-0.3, -0.25) is 10.1 Å². The first-order chi connectivity index (χ1) is 9.43. The van der Waals surface area contributed by atoms with E-state index in [0.29, 0.717) is 35.8 Å². The Labute approximate surface area is 118 Å². The molecule has 1 aliphatic rings. The molecule has 110 valence electrons. The molecular formula is C13H21N5O2. The van der Waals surface area contributed by atoms with Crippen molar-refractivity contribution in [3.8, 4) is 0 Å². The first-order valence-corrected chi connectivity index (χ1v) is 6.95. The van der Waals surface area contributed by atoms with Crippen LogP contribution in [0.3, 0.4) is 0 Å². The minimum absolute atomic E-state index is 0.0213. The number of hydrogen-bond donors (Lipinski definition) is 1. The summed E-state index contributed by atoms with van der Waals surface area (Å²) in [5.41, 5.74) is 0.427. The van der Waals surface area contributed by atoms with Crippen LogP contribution in [0, 0.1) is 28.9 Å². The van der Waals surface area contributed by atoms with Gasteiger partial charge in [-0.1, -0.05) is 13.8 Å². The van der Waals surface area contributed by atoms with Gasteiger partial charge in [0.15, 0.2) is 0 Å². The number of hydrogen-bond acceptors (Lipinski definition) is 6. The van der Waals surface area contributed by atoms with Gasteiger partial charge in [0.25, 0.3) is 0 Å². The predicted octanol–water partition coefficient (Wildman–Crippen LogP) is 2.22. The summed E-state index contributed by atoms with van der Waals surface area (Å²) in [4.78, 5) is 21.5. The smallest absolute Gasteiger partial charge is 0.332 e. The van der Waals surface area contributed by atoms with E-state index in [1.807, 2.05) is 11.8 Å². The molecule has 1 fully saturated rings. The molecule has 1 N–H and O–H groups in total. The molecule has 0 radical (unpaired) electrons. The molecule has 1 aromatic rings. The Morgan fingerprint density at radius 2 is 1.95 bits per heavy atom. The zero-order valence-corrected chi connectivity index (χ0v) is 12.4. The summed E-state index contributed by atoms with van der Waals surface area (Å²) in [7, 11) is 0. The molecule has 1 aromatic heterocycles. The Morgan fingerprint density at radius 3 is 2.45 bits per heavy atom. The van der Waals surface area contributed by atoms with Gasteiger partial charge < -0.3 is 10.2 Å². The standard InChI is InChI=1S/C13H21N5O2/c1-5-14-13-15-10(4)11(18(19)20)12(16-13)17-6-8(2)9(3)7-17/h8-9H,5-7H2,1-4H3,(H,14,15,16). The highest BCUT2D eigenvalue weighted by atomic mass is 16.6. The molecule has 7 nitrogen and oxygen atoms in total. The van der Waals surface area contributed by atoms with Crippen molar-refractivity contribution in [2.45, 2.75) is 27.7 Å². The zero-order chi connectivity index (χ0) is 14.9. The van der Waals surface area contributed by atoms with Crippen LogP contribution in [0.1, 0.15) is 26.5 Å². The van der Waals surface area contributed by atoms with E-state index in [9.17, 15) is 10.1 Å². The lowest BCUT2D eigenvalue weighted by atomic mass is 10.0. The van der Waals surface area contributed by atoms with E-state index < -0.39 is 0 Å². The molecule has 0 aliphatic carbocycles. The van der Waals surface area contributed by atoms with Gasteiger partial charge in [-0.15, -0.1) is 0 Å². The lowest BCUT2D eigenvalue weighted by molar-refractivity contribution is -0.385. The van der Waals surface area contributed by atoms with E-state index in [1.165, 1.54) is 0 Å². The largest absolute Gasteiger partial charge is 0.354 e. The highest BCUT2D eigenvalue weighted by Gasteiger charge is 2.33. The number of anilines is 2. The molecule has 1 saturated heterocycles. The molecule has 0 bridgehead atoms. The van der Waals surface area contributed by atoms with E-state index >= 15 is 0 Å². The third-order valence-electron chi connectivity index (χ3n) is 3.85. The van der Waals surface area contributed by atoms with Gasteiger partial charge in [0.1, 0.15) is 5.69 Å². The Hall–Kier alpha value is -1.92. The molecule has 0 saturated carbocycles. The molecule has 2 rings (SSSR count). The summed E-state index contributed by atoms with van der Waals surface area (Å²) in [6.07, 6.45) is 0. The summed E-state index contributed by atoms with van der Waals surface area (Å²) >= 11 is 0. The fraction of sp³-hybridized carbons (Fsp3) is 0.692. The number of aryl methyl sites for hydroxylation is 1. The molecule has 0 spiro atoms. The Morgan fingerprint density at radius 1 is 1.35 bits per heavy atom. The summed E-state index contributed by atoms with van der Waals surface area (Å²) in [6.45, 7) is 10.2. The highest BCUT2D eigenvalue weighted by molar-refractivity contribution is 5.63. The van der Waals surface area contributed by atoms with Crippen molar-refractivity contribution in [2.75, 3.05) is 29.9 Å². The van der Waals surface area contributed by atoms with Crippen molar-refractivity contribution in [3.05, 3.63) is 15.8 Å². The van der Waals surface area contributed by atoms with Crippen molar-refractivity contribution >= 4 is 17.5 Å². The van der Waals surface area contributed by atoms with E-state index in [2.05, 4.69) is 29.1 Å². The third kappa shape index (κ3) is 2.66. The van der Waals surface area contributed by atoms with E-state index in [1.54, 1.807) is 6.92 Å². The monoisotopic (exact) mass is 279 g/mol. The molecule has 7 heteroatoms. The summed E-state index contributed by atoms with van der Waals surface area (Å²) in [6, 6.07) is 0. The second-order valence-electron chi connectivity index (χ2n) is 5.45. The Kier molecular flexibility index (Phi) is 4.06. The summed E-state index contributed by atoms with van der Waals surface area (Å²) in [5, 5.41) is 14.3. The van der Waals surface area contributed by atoms with Crippen LogP contribution in [0.4, 0.5) is 17.5 Å². The molecule has 0 aromatic carbocycles. The van der Waals surface area contributed by atoms with Crippen molar-refractivity contribution in [2.24, 2.45) is 11.8 Å². The predicted molar refractivity (Wildman–Crippen MR) is 78.1 cm³/mol. The number of nitrogens with one attached hydrogen (secondary N) is 1. The van der Waals surface area contributed by atoms with E-state index in [-0.39, 0.29) is 10.6 Å². The molecule has 1 aliphatic heterocycles. The first-order valence-electron chi connectivity index (χ1n) is 6.95. The fourth-order valence-electron chi connectivity index (χ4n) is 2.53. The van der Waals surface area contributed by atoms with Crippen LogP contribution in [0.15, 0.2) is 0 Å². The maximum absolute atomic E-state index is 11.3. The Balaban J connectivity index is 2.45. The molecule has 0 amide bonds. The zero-order valence-electron chi connectivity index (χ0n) is 12.4. The number of nitrogens with zero attached hydrogens (tertiary/aromatic N) is 4. The fourth-order valence-corrected chi connectivity index (χ4v) is 2.53. The van der Waals surface area contributed by atoms with Crippen LogP contribution in [0.2, 0.25) is 0 Å².